The van der Waals surface area contributed by atoms with Crippen molar-refractivity contribution in [1.29, 1.82) is 0 Å². The van der Waals surface area contributed by atoms with E-state index < -0.39 is 5.60 Å². The van der Waals surface area contributed by atoms with Crippen molar-refractivity contribution >= 4 is 0 Å². The van der Waals surface area contributed by atoms with Crippen molar-refractivity contribution in [3.63, 3.8) is 0 Å². The Hall–Kier alpha value is -0.300. The summed E-state index contributed by atoms with van der Waals surface area (Å²) in [4.78, 5) is 0. The zero-order chi connectivity index (χ0) is 7.78. The first-order chi connectivity index (χ1) is 4.55. The van der Waals surface area contributed by atoms with Crippen LogP contribution >= 0.6 is 0 Å². The lowest BCUT2D eigenvalue weighted by molar-refractivity contribution is -0.00210. The van der Waals surface area contributed by atoms with Gasteiger partial charge in [0.05, 0.1) is 5.60 Å². The standard InChI is InChI=1S/C9H16O/c1-7(2)9(3,10)8-5-4-6-8/h8,10H,1,4-6H2,2-3H3. The second-order valence-corrected chi connectivity index (χ2v) is 3.56. The van der Waals surface area contributed by atoms with Gasteiger partial charge in [-0.25, -0.2) is 0 Å². The summed E-state index contributed by atoms with van der Waals surface area (Å²) in [5.74, 6) is 0.477. The molecule has 0 spiro atoms. The zero-order valence-electron chi connectivity index (χ0n) is 6.85. The van der Waals surface area contributed by atoms with Crippen LogP contribution in [-0.2, 0) is 0 Å². The highest BCUT2D eigenvalue weighted by Gasteiger charge is 2.36. The Morgan fingerprint density at radius 2 is 2.10 bits per heavy atom. The molecule has 0 amide bonds. The fourth-order valence-corrected chi connectivity index (χ4v) is 1.32. The molecule has 1 aliphatic carbocycles. The van der Waals surface area contributed by atoms with Gasteiger partial charge < -0.3 is 5.11 Å². The molecule has 1 rings (SSSR count). The molecule has 1 N–H and O–H groups in total. The maximum Gasteiger partial charge on any atom is 0.0851 e. The Bertz CT molecular complexity index is 143. The quantitative estimate of drug-likeness (QED) is 0.582. The summed E-state index contributed by atoms with van der Waals surface area (Å²) in [6, 6.07) is 0. The normalized spacial score (nSPS) is 25.1. The van der Waals surface area contributed by atoms with E-state index in [9.17, 15) is 5.11 Å². The molecule has 1 nitrogen and oxygen atoms in total. The van der Waals surface area contributed by atoms with Crippen LogP contribution in [-0.4, -0.2) is 10.7 Å². The second-order valence-electron chi connectivity index (χ2n) is 3.56. The highest BCUT2D eigenvalue weighted by Crippen LogP contribution is 2.39. The molecule has 0 aromatic heterocycles. The predicted molar refractivity (Wildman–Crippen MR) is 42.8 cm³/mol. The summed E-state index contributed by atoms with van der Waals surface area (Å²) in [5, 5.41) is 9.81. The third kappa shape index (κ3) is 1.10. The van der Waals surface area contributed by atoms with Crippen LogP contribution in [0.15, 0.2) is 12.2 Å². The van der Waals surface area contributed by atoms with Crippen molar-refractivity contribution in [2.24, 2.45) is 5.92 Å². The van der Waals surface area contributed by atoms with Gasteiger partial charge in [0.15, 0.2) is 0 Å². The molecule has 10 heavy (non-hydrogen) atoms. The van der Waals surface area contributed by atoms with E-state index in [-0.39, 0.29) is 0 Å². The van der Waals surface area contributed by atoms with Crippen LogP contribution in [0.2, 0.25) is 0 Å². The average molecular weight is 140 g/mol. The van der Waals surface area contributed by atoms with Crippen molar-refractivity contribution in [2.75, 3.05) is 0 Å². The zero-order valence-corrected chi connectivity index (χ0v) is 6.85. The van der Waals surface area contributed by atoms with Crippen LogP contribution in [0.1, 0.15) is 33.1 Å². The van der Waals surface area contributed by atoms with Crippen LogP contribution in [0.5, 0.6) is 0 Å². The smallest absolute Gasteiger partial charge is 0.0851 e. The maximum absolute atomic E-state index is 9.81. The summed E-state index contributed by atoms with van der Waals surface area (Å²) >= 11 is 0. The van der Waals surface area contributed by atoms with Gasteiger partial charge in [0.25, 0.3) is 0 Å². The minimum absolute atomic E-state index is 0.477. The molecule has 1 atom stereocenters. The Morgan fingerprint density at radius 1 is 1.60 bits per heavy atom. The molecule has 1 unspecified atom stereocenters. The molecule has 0 aromatic carbocycles. The van der Waals surface area contributed by atoms with Crippen molar-refractivity contribution < 1.29 is 5.11 Å². The Balaban J connectivity index is 2.57. The summed E-state index contributed by atoms with van der Waals surface area (Å²) in [6.07, 6.45) is 3.60. The van der Waals surface area contributed by atoms with Gasteiger partial charge in [-0.3, -0.25) is 0 Å². The van der Waals surface area contributed by atoms with Gasteiger partial charge in [-0.05, 0) is 38.2 Å². The van der Waals surface area contributed by atoms with Crippen LogP contribution in [0.25, 0.3) is 0 Å². The molecule has 0 bridgehead atoms. The van der Waals surface area contributed by atoms with Crippen molar-refractivity contribution in [3.05, 3.63) is 12.2 Å². The Labute approximate surface area is 62.8 Å². The van der Waals surface area contributed by atoms with Crippen molar-refractivity contribution in [2.45, 2.75) is 38.7 Å². The molecule has 58 valence electrons. The van der Waals surface area contributed by atoms with Gasteiger partial charge in [-0.1, -0.05) is 13.0 Å². The average Bonchev–Trinajstić information content (AvgIpc) is 1.57. The minimum atomic E-state index is -0.599. The van der Waals surface area contributed by atoms with E-state index in [1.807, 2.05) is 13.8 Å². The first kappa shape index (κ1) is 7.80. The van der Waals surface area contributed by atoms with Gasteiger partial charge in [-0.15, -0.1) is 0 Å². The topological polar surface area (TPSA) is 20.2 Å². The van der Waals surface area contributed by atoms with Crippen LogP contribution in [0, 0.1) is 5.92 Å². The molecule has 1 heteroatoms. The molecule has 1 fully saturated rings. The number of aliphatic hydroxyl groups is 1. The van der Waals surface area contributed by atoms with E-state index in [0.717, 1.165) is 5.57 Å². The van der Waals surface area contributed by atoms with E-state index in [1.54, 1.807) is 0 Å². The largest absolute Gasteiger partial charge is 0.386 e. The van der Waals surface area contributed by atoms with Crippen molar-refractivity contribution in [1.82, 2.24) is 0 Å². The van der Waals surface area contributed by atoms with Crippen LogP contribution in [0.3, 0.4) is 0 Å². The first-order valence-electron chi connectivity index (χ1n) is 3.93. The van der Waals surface area contributed by atoms with E-state index >= 15 is 0 Å². The van der Waals surface area contributed by atoms with Gasteiger partial charge in [0, 0.05) is 0 Å². The molecule has 1 saturated carbocycles. The lowest BCUT2D eigenvalue weighted by atomic mass is 9.71. The van der Waals surface area contributed by atoms with Crippen LogP contribution < -0.4 is 0 Å². The summed E-state index contributed by atoms with van der Waals surface area (Å²) < 4.78 is 0. The third-order valence-electron chi connectivity index (χ3n) is 2.76. The monoisotopic (exact) mass is 140 g/mol. The van der Waals surface area contributed by atoms with Crippen molar-refractivity contribution in [3.8, 4) is 0 Å². The summed E-state index contributed by atoms with van der Waals surface area (Å²) in [5.41, 5.74) is 0.301. The third-order valence-corrected chi connectivity index (χ3v) is 2.76. The number of rotatable bonds is 2. The highest BCUT2D eigenvalue weighted by molar-refractivity contribution is 5.11. The lowest BCUT2D eigenvalue weighted by Gasteiger charge is -2.39. The van der Waals surface area contributed by atoms with E-state index in [4.69, 9.17) is 0 Å². The fraction of sp³-hybridized carbons (Fsp3) is 0.778. The number of hydrogen-bond donors (Lipinski definition) is 1. The van der Waals surface area contributed by atoms with Gasteiger partial charge >= 0.3 is 0 Å². The summed E-state index contributed by atoms with van der Waals surface area (Å²) in [7, 11) is 0. The SMILES string of the molecule is C=C(C)C(C)(O)C1CCC1. The van der Waals surface area contributed by atoms with E-state index in [0.29, 0.717) is 5.92 Å². The molecule has 0 radical (unpaired) electrons. The highest BCUT2D eigenvalue weighted by atomic mass is 16.3. The van der Waals surface area contributed by atoms with E-state index in [2.05, 4.69) is 6.58 Å². The van der Waals surface area contributed by atoms with Gasteiger partial charge in [0.1, 0.15) is 0 Å². The lowest BCUT2D eigenvalue weighted by Crippen LogP contribution is -2.39. The number of hydrogen-bond acceptors (Lipinski definition) is 1. The maximum atomic E-state index is 9.81. The summed E-state index contributed by atoms with van der Waals surface area (Å²) in [6.45, 7) is 7.56. The van der Waals surface area contributed by atoms with E-state index in [1.165, 1.54) is 19.3 Å². The molecule has 0 aliphatic heterocycles. The Morgan fingerprint density at radius 3 is 2.20 bits per heavy atom. The van der Waals surface area contributed by atoms with Gasteiger partial charge in [-0.2, -0.15) is 0 Å². The molecule has 0 saturated heterocycles. The molecule has 0 heterocycles. The molecular weight excluding hydrogens is 124 g/mol. The molecular formula is C9H16O. The first-order valence-corrected chi connectivity index (χ1v) is 3.93. The van der Waals surface area contributed by atoms with Crippen LogP contribution in [0.4, 0.5) is 0 Å². The predicted octanol–water partition coefficient (Wildman–Crippen LogP) is 2.11. The second kappa shape index (κ2) is 2.39. The molecule has 0 aromatic rings. The minimum Gasteiger partial charge on any atom is -0.386 e. The Kier molecular flexibility index (Phi) is 1.86. The molecule has 1 aliphatic rings. The fourth-order valence-electron chi connectivity index (χ4n) is 1.32. The van der Waals surface area contributed by atoms with Gasteiger partial charge in [0.2, 0.25) is 0 Å².